The lowest BCUT2D eigenvalue weighted by atomic mass is 10.1. The third-order valence-electron chi connectivity index (χ3n) is 4.57. The van der Waals surface area contributed by atoms with Crippen molar-refractivity contribution in [3.63, 3.8) is 0 Å². The highest BCUT2D eigenvalue weighted by Gasteiger charge is 2.21. The van der Waals surface area contributed by atoms with Gasteiger partial charge in [0.15, 0.2) is 13.6 Å². The number of fused-ring (bicyclic) bond motifs is 1. The summed E-state index contributed by atoms with van der Waals surface area (Å²) in [6, 6.07) is 9.09. The second kappa shape index (κ2) is 11.3. The van der Waals surface area contributed by atoms with Crippen LogP contribution in [0, 0.1) is 0 Å². The van der Waals surface area contributed by atoms with Crippen LogP contribution in [-0.2, 0) is 9.47 Å². The van der Waals surface area contributed by atoms with Gasteiger partial charge in [0.1, 0.15) is 23.9 Å². The van der Waals surface area contributed by atoms with Gasteiger partial charge in [-0.25, -0.2) is 0 Å². The molecule has 0 atom stereocenters. The number of carbonyl (C=O) groups excluding carboxylic acids is 1. The van der Waals surface area contributed by atoms with Gasteiger partial charge in [0.2, 0.25) is 0 Å². The van der Waals surface area contributed by atoms with Crippen LogP contribution in [0.1, 0.15) is 10.4 Å². The molecule has 9 heteroatoms. The molecule has 0 bridgehead atoms. The number of hydrogen-bond donors (Lipinski definition) is 0. The zero-order chi connectivity index (χ0) is 23.1. The van der Waals surface area contributed by atoms with Crippen molar-refractivity contribution in [2.45, 2.75) is 0 Å². The van der Waals surface area contributed by atoms with Gasteiger partial charge in [0.25, 0.3) is 5.91 Å². The number of aromatic nitrogens is 1. The van der Waals surface area contributed by atoms with Gasteiger partial charge in [-0.05, 0) is 54.3 Å². The molecule has 0 radical (unpaired) electrons. The van der Waals surface area contributed by atoms with E-state index in [1.165, 1.54) is 18.8 Å². The van der Waals surface area contributed by atoms with E-state index in [2.05, 4.69) is 20.8 Å². The largest absolute Gasteiger partial charge is 0.492 e. The minimum Gasteiger partial charge on any atom is -0.492 e. The van der Waals surface area contributed by atoms with Crippen molar-refractivity contribution in [1.82, 2.24) is 9.47 Å². The van der Waals surface area contributed by atoms with Gasteiger partial charge in [-0.3, -0.25) is 9.36 Å². The molecule has 0 aliphatic rings. The first-order chi connectivity index (χ1) is 15.4. The highest BCUT2D eigenvalue weighted by molar-refractivity contribution is 9.10. The summed E-state index contributed by atoms with van der Waals surface area (Å²) in [6.07, 6.45) is 3.56. The molecule has 172 valence electrons. The van der Waals surface area contributed by atoms with Crippen molar-refractivity contribution in [3.8, 4) is 17.2 Å². The first-order valence-electron chi connectivity index (χ1n) is 9.94. The van der Waals surface area contributed by atoms with Crippen molar-refractivity contribution >= 4 is 32.6 Å². The molecule has 0 aliphatic heterocycles. The molecule has 8 nitrogen and oxygen atoms in total. The number of rotatable bonds is 11. The fourth-order valence-corrected chi connectivity index (χ4v) is 3.60. The summed E-state index contributed by atoms with van der Waals surface area (Å²) in [5, 5.41) is 1.82. The molecule has 1 aromatic heterocycles. The van der Waals surface area contributed by atoms with Crippen molar-refractivity contribution in [2.75, 3.05) is 55.1 Å². The van der Waals surface area contributed by atoms with Crippen LogP contribution < -0.4 is 14.2 Å². The second-order valence-electron chi connectivity index (χ2n) is 7.29. The molecule has 0 amide bonds. The third kappa shape index (κ3) is 6.01. The monoisotopic (exact) mass is 506 g/mol. The zero-order valence-electron chi connectivity index (χ0n) is 18.6. The van der Waals surface area contributed by atoms with E-state index in [4.69, 9.17) is 23.7 Å². The predicted molar refractivity (Wildman–Crippen MR) is 125 cm³/mol. The number of carbonyl (C=O) groups is 1. The normalized spacial score (nSPS) is 11.2. The minimum absolute atomic E-state index is 0.0122. The maximum absolute atomic E-state index is 13.4. The molecule has 32 heavy (non-hydrogen) atoms. The van der Waals surface area contributed by atoms with Gasteiger partial charge in [-0.2, -0.15) is 0 Å². The fourth-order valence-electron chi connectivity index (χ4n) is 3.01. The van der Waals surface area contributed by atoms with Gasteiger partial charge >= 0.3 is 0 Å². The predicted octanol–water partition coefficient (Wildman–Crippen LogP) is 4.00. The molecular weight excluding hydrogens is 480 g/mol. The van der Waals surface area contributed by atoms with Crippen LogP contribution in [0.5, 0.6) is 17.2 Å². The van der Waals surface area contributed by atoms with Crippen LogP contribution >= 0.6 is 15.9 Å². The van der Waals surface area contributed by atoms with Crippen molar-refractivity contribution in [2.24, 2.45) is 0 Å². The summed E-state index contributed by atoms with van der Waals surface area (Å²) in [5.74, 6) is 1.34. The maximum Gasteiger partial charge on any atom is 0.266 e. The lowest BCUT2D eigenvalue weighted by Crippen LogP contribution is -2.19. The van der Waals surface area contributed by atoms with Crippen molar-refractivity contribution < 1.29 is 28.5 Å². The molecule has 0 aliphatic carbocycles. The van der Waals surface area contributed by atoms with Crippen molar-refractivity contribution in [1.29, 1.82) is 0 Å². The topological polar surface area (TPSA) is 71.4 Å². The molecule has 0 unspecified atom stereocenters. The highest BCUT2D eigenvalue weighted by atomic mass is 79.9. The van der Waals surface area contributed by atoms with E-state index in [0.717, 1.165) is 23.1 Å². The number of hydrogen-bond acceptors (Lipinski definition) is 7. The Balaban J connectivity index is 1.89. The van der Waals surface area contributed by atoms with E-state index in [-0.39, 0.29) is 19.5 Å². The van der Waals surface area contributed by atoms with Crippen LogP contribution in [0.3, 0.4) is 0 Å². The number of benzene rings is 2. The number of methoxy groups -OCH3 is 2. The van der Waals surface area contributed by atoms with Crippen LogP contribution in [0.25, 0.3) is 10.8 Å². The summed E-state index contributed by atoms with van der Waals surface area (Å²) in [7, 11) is 7.04. The summed E-state index contributed by atoms with van der Waals surface area (Å²) in [5.41, 5.74) is 0.356. The molecule has 0 N–H and O–H groups in total. The molecule has 3 rings (SSSR count). The molecule has 0 saturated heterocycles. The molecular formula is C23H27BrN2O6. The van der Waals surface area contributed by atoms with E-state index >= 15 is 0 Å². The Hall–Kier alpha value is -2.59. The van der Waals surface area contributed by atoms with Crippen LogP contribution in [0.4, 0.5) is 0 Å². The van der Waals surface area contributed by atoms with E-state index in [0.29, 0.717) is 28.1 Å². The third-order valence-corrected chi connectivity index (χ3v) is 5.20. The second-order valence-corrected chi connectivity index (χ2v) is 8.15. The van der Waals surface area contributed by atoms with Crippen LogP contribution in [0.15, 0.2) is 47.2 Å². The van der Waals surface area contributed by atoms with Gasteiger partial charge in [-0.15, -0.1) is 0 Å². The quantitative estimate of drug-likeness (QED) is 0.364. The SMILES string of the molecule is COCOc1cc(Br)c(C(=O)n2cc3ccc(OCCN(C)C)cc3c2)c(OCOC)c1. The lowest BCUT2D eigenvalue weighted by molar-refractivity contribution is 0.0454. The van der Waals surface area contributed by atoms with Crippen molar-refractivity contribution in [3.05, 3.63) is 52.8 Å². The summed E-state index contributed by atoms with van der Waals surface area (Å²) in [6.45, 7) is 1.47. The molecule has 0 saturated carbocycles. The Bertz CT molecular complexity index is 1070. The standard InChI is InChI=1S/C23H27BrN2O6/c1-25(2)7-8-30-18-6-5-16-12-26(13-17(16)9-18)23(27)22-20(24)10-19(31-14-28-3)11-21(22)32-15-29-4/h5-6,9-13H,7-8,14-15H2,1-4H3. The Morgan fingerprint density at radius 2 is 1.66 bits per heavy atom. The average Bonchev–Trinajstić information content (AvgIpc) is 3.19. The lowest BCUT2D eigenvalue weighted by Gasteiger charge is -2.14. The Morgan fingerprint density at radius 3 is 2.38 bits per heavy atom. The molecule has 2 aromatic carbocycles. The van der Waals surface area contributed by atoms with E-state index < -0.39 is 0 Å². The fraction of sp³-hybridized carbons (Fsp3) is 0.348. The summed E-state index contributed by atoms with van der Waals surface area (Å²) in [4.78, 5) is 15.4. The summed E-state index contributed by atoms with van der Waals surface area (Å²) < 4.78 is 29.0. The Morgan fingerprint density at radius 1 is 0.938 bits per heavy atom. The number of nitrogens with zero attached hydrogens (tertiary/aromatic N) is 2. The van der Waals surface area contributed by atoms with Gasteiger partial charge < -0.3 is 28.6 Å². The van der Waals surface area contributed by atoms with Gasteiger partial charge in [0, 0.05) is 54.5 Å². The summed E-state index contributed by atoms with van der Waals surface area (Å²) >= 11 is 3.48. The Labute approximate surface area is 195 Å². The first kappa shape index (κ1) is 24.1. The smallest absolute Gasteiger partial charge is 0.266 e. The number of halogens is 1. The zero-order valence-corrected chi connectivity index (χ0v) is 20.2. The number of ether oxygens (including phenoxy) is 5. The van der Waals surface area contributed by atoms with Gasteiger partial charge in [-0.1, -0.05) is 0 Å². The molecule has 0 spiro atoms. The average molecular weight is 507 g/mol. The maximum atomic E-state index is 13.4. The van der Waals surface area contributed by atoms with E-state index in [1.807, 2.05) is 32.3 Å². The van der Waals surface area contributed by atoms with Crippen LogP contribution in [0.2, 0.25) is 0 Å². The van der Waals surface area contributed by atoms with E-state index in [9.17, 15) is 4.79 Å². The highest BCUT2D eigenvalue weighted by Crippen LogP contribution is 2.34. The molecule has 0 fully saturated rings. The van der Waals surface area contributed by atoms with E-state index in [1.54, 1.807) is 24.5 Å². The molecule has 1 heterocycles. The van der Waals surface area contributed by atoms with Gasteiger partial charge in [0.05, 0.1) is 5.56 Å². The number of likely N-dealkylation sites (N-methyl/N-ethyl adjacent to an activating group) is 1. The minimum atomic E-state index is -0.257. The van der Waals surface area contributed by atoms with Crippen LogP contribution in [-0.4, -0.2) is 70.4 Å². The Kier molecular flexibility index (Phi) is 8.52. The first-order valence-corrected chi connectivity index (χ1v) is 10.7. The molecule has 3 aromatic rings.